The van der Waals surface area contributed by atoms with Crippen LogP contribution < -0.4 is 0 Å². The molecule has 2 rings (SSSR count). The van der Waals surface area contributed by atoms with E-state index in [1.54, 1.807) is 0 Å². The smallest absolute Gasteiger partial charge is 0.303 e. The van der Waals surface area contributed by atoms with Crippen LogP contribution in [0.1, 0.15) is 66.2 Å². The second-order valence-electron chi connectivity index (χ2n) is 7.73. The number of ether oxygens (including phenoxy) is 4. The van der Waals surface area contributed by atoms with Crippen molar-refractivity contribution in [1.82, 2.24) is 0 Å². The van der Waals surface area contributed by atoms with E-state index in [1.165, 1.54) is 27.7 Å². The first-order valence-electron chi connectivity index (χ1n) is 10.2. The zero-order valence-corrected chi connectivity index (χ0v) is 18.6. The second kappa shape index (κ2) is 10.9. The number of fused-ring (bicyclic) bond motifs is 2. The highest BCUT2D eigenvalue weighted by Crippen LogP contribution is 2.35. The van der Waals surface area contributed by atoms with Crippen molar-refractivity contribution < 1.29 is 42.3 Å². The Morgan fingerprint density at radius 3 is 1.17 bits per heavy atom. The highest BCUT2D eigenvalue weighted by atomic mass is 32.2. The first-order chi connectivity index (χ1) is 14.1. The first kappa shape index (κ1) is 24.3. The van der Waals surface area contributed by atoms with Gasteiger partial charge in [0.1, 0.15) is 24.4 Å². The highest BCUT2D eigenvalue weighted by molar-refractivity contribution is 7.86. The molecule has 0 radical (unpaired) electrons. The molecule has 0 aromatic rings. The summed E-state index contributed by atoms with van der Waals surface area (Å²) in [6, 6.07) is 0. The lowest BCUT2D eigenvalue weighted by Crippen LogP contribution is -2.50. The quantitative estimate of drug-likeness (QED) is 0.468. The SMILES string of the molecule is CC(=O)OC1CCC(OC(C)=O)C2CCC(OC(C)=O)C(CCC1OC(C)=O)S2=O. The third-order valence-corrected chi connectivity index (χ3v) is 7.59. The summed E-state index contributed by atoms with van der Waals surface area (Å²) in [6.07, 6.45) is -0.422. The molecular formula is C20H30O9S. The van der Waals surface area contributed by atoms with E-state index < -0.39 is 69.6 Å². The van der Waals surface area contributed by atoms with Crippen molar-refractivity contribution in [3.8, 4) is 0 Å². The Morgan fingerprint density at radius 1 is 0.533 bits per heavy atom. The van der Waals surface area contributed by atoms with Gasteiger partial charge < -0.3 is 18.9 Å². The van der Waals surface area contributed by atoms with Crippen molar-refractivity contribution in [3.05, 3.63) is 0 Å². The second-order valence-corrected chi connectivity index (χ2v) is 9.60. The molecule has 2 aliphatic heterocycles. The van der Waals surface area contributed by atoms with Gasteiger partial charge in [-0.15, -0.1) is 0 Å². The van der Waals surface area contributed by atoms with Gasteiger partial charge in [0, 0.05) is 38.5 Å². The van der Waals surface area contributed by atoms with Crippen molar-refractivity contribution in [2.45, 2.75) is 101 Å². The van der Waals surface area contributed by atoms with Crippen molar-refractivity contribution in [1.29, 1.82) is 0 Å². The van der Waals surface area contributed by atoms with E-state index >= 15 is 0 Å². The number of rotatable bonds is 4. The number of esters is 4. The molecule has 2 aliphatic rings. The molecule has 0 spiro atoms. The molecule has 2 heterocycles. The van der Waals surface area contributed by atoms with Crippen molar-refractivity contribution in [3.63, 3.8) is 0 Å². The Bertz CT molecular complexity index is 692. The fourth-order valence-electron chi connectivity index (χ4n) is 4.25. The Kier molecular flexibility index (Phi) is 8.81. The van der Waals surface area contributed by atoms with Crippen LogP contribution in [0.4, 0.5) is 0 Å². The van der Waals surface area contributed by atoms with E-state index in [2.05, 4.69) is 0 Å². The van der Waals surface area contributed by atoms with E-state index in [0.29, 0.717) is 38.5 Å². The first-order valence-corrected chi connectivity index (χ1v) is 11.4. The molecule has 10 heteroatoms. The largest absolute Gasteiger partial charge is 0.461 e. The summed E-state index contributed by atoms with van der Waals surface area (Å²) in [5.74, 6) is -1.99. The molecule has 0 aliphatic carbocycles. The van der Waals surface area contributed by atoms with Crippen LogP contribution in [0.15, 0.2) is 0 Å². The van der Waals surface area contributed by atoms with Crippen LogP contribution in [0.25, 0.3) is 0 Å². The summed E-state index contributed by atoms with van der Waals surface area (Å²) in [5, 5.41) is -0.909. The molecule has 0 amide bonds. The number of hydrogen-bond donors (Lipinski definition) is 0. The standard InChI is InChI=1S/C20H30O9S/c1-11(21)26-15-5-6-17(28-13(3)23)20-10-8-18(29-14(4)24)19(30(20)25)9-7-16(15)27-12(2)22/h15-20H,5-10H2,1-4H3. The van der Waals surface area contributed by atoms with E-state index in [0.717, 1.165) is 0 Å². The van der Waals surface area contributed by atoms with Crippen molar-refractivity contribution in [2.75, 3.05) is 0 Å². The van der Waals surface area contributed by atoms with E-state index in [4.69, 9.17) is 18.9 Å². The Labute approximate surface area is 178 Å². The highest BCUT2D eigenvalue weighted by Gasteiger charge is 2.45. The summed E-state index contributed by atoms with van der Waals surface area (Å²) in [4.78, 5) is 46.5. The summed E-state index contributed by atoms with van der Waals surface area (Å²) in [5.41, 5.74) is 0. The minimum atomic E-state index is -1.43. The molecule has 0 aromatic heterocycles. The molecular weight excluding hydrogens is 416 g/mol. The van der Waals surface area contributed by atoms with Crippen LogP contribution in [0.3, 0.4) is 0 Å². The summed E-state index contributed by atoms with van der Waals surface area (Å²) in [6.45, 7) is 5.12. The third kappa shape index (κ3) is 6.78. The fourth-order valence-corrected chi connectivity index (χ4v) is 6.42. The zero-order valence-electron chi connectivity index (χ0n) is 17.8. The predicted octanol–water partition coefficient (Wildman–Crippen LogP) is 1.57. The maximum Gasteiger partial charge on any atom is 0.303 e. The van der Waals surface area contributed by atoms with Gasteiger partial charge in [-0.1, -0.05) is 0 Å². The lowest BCUT2D eigenvalue weighted by Gasteiger charge is -2.40. The average Bonchev–Trinajstić information content (AvgIpc) is 2.60. The summed E-state index contributed by atoms with van der Waals surface area (Å²) < 4.78 is 35.1. The molecule has 2 saturated heterocycles. The van der Waals surface area contributed by atoms with Crippen LogP contribution in [0.5, 0.6) is 0 Å². The van der Waals surface area contributed by atoms with Crippen LogP contribution in [0.2, 0.25) is 0 Å². The monoisotopic (exact) mass is 446 g/mol. The van der Waals surface area contributed by atoms with Crippen molar-refractivity contribution >= 4 is 34.7 Å². The average molecular weight is 447 g/mol. The Morgan fingerprint density at radius 2 is 0.800 bits per heavy atom. The van der Waals surface area contributed by atoms with Crippen LogP contribution >= 0.6 is 0 Å². The summed E-state index contributed by atoms with van der Waals surface area (Å²) >= 11 is 0. The maximum atomic E-state index is 13.4. The zero-order chi connectivity index (χ0) is 22.4. The minimum Gasteiger partial charge on any atom is -0.461 e. The van der Waals surface area contributed by atoms with Crippen LogP contribution in [-0.2, 0) is 48.9 Å². The molecule has 7 atom stereocenters. The number of carbonyl (C=O) groups is 4. The Hall–Kier alpha value is -1.97. The van der Waals surface area contributed by atoms with E-state index in [-0.39, 0.29) is 0 Å². The third-order valence-electron chi connectivity index (χ3n) is 5.32. The lowest BCUT2D eigenvalue weighted by atomic mass is 9.93. The van der Waals surface area contributed by atoms with E-state index in [1.807, 2.05) is 0 Å². The molecule has 2 fully saturated rings. The minimum absolute atomic E-state index is 0.293. The molecule has 0 saturated carbocycles. The van der Waals surface area contributed by atoms with Gasteiger partial charge >= 0.3 is 23.9 Å². The molecule has 30 heavy (non-hydrogen) atoms. The van der Waals surface area contributed by atoms with Crippen molar-refractivity contribution in [2.24, 2.45) is 0 Å². The lowest BCUT2D eigenvalue weighted by molar-refractivity contribution is -0.168. The topological polar surface area (TPSA) is 122 Å². The molecule has 9 nitrogen and oxygen atoms in total. The Balaban J connectivity index is 2.36. The molecule has 7 unspecified atom stereocenters. The summed E-state index contributed by atoms with van der Waals surface area (Å²) in [7, 11) is -1.43. The van der Waals surface area contributed by atoms with Crippen LogP contribution in [-0.4, -0.2) is 63.0 Å². The molecule has 0 aromatic carbocycles. The van der Waals surface area contributed by atoms with Gasteiger partial charge in [-0.2, -0.15) is 0 Å². The van der Waals surface area contributed by atoms with E-state index in [9.17, 15) is 23.4 Å². The molecule has 2 bridgehead atoms. The fraction of sp³-hybridized carbons (Fsp3) is 0.800. The number of carbonyl (C=O) groups excluding carboxylic acids is 4. The van der Waals surface area contributed by atoms with Gasteiger partial charge in [0.05, 0.1) is 10.5 Å². The molecule has 0 N–H and O–H groups in total. The molecule has 170 valence electrons. The van der Waals surface area contributed by atoms with Gasteiger partial charge in [0.15, 0.2) is 0 Å². The van der Waals surface area contributed by atoms with Crippen LogP contribution in [0, 0.1) is 0 Å². The van der Waals surface area contributed by atoms with Gasteiger partial charge in [-0.25, -0.2) is 0 Å². The van der Waals surface area contributed by atoms with Gasteiger partial charge in [0.25, 0.3) is 0 Å². The normalized spacial score (nSPS) is 34.2. The number of hydrogen-bond acceptors (Lipinski definition) is 9. The van der Waals surface area contributed by atoms with Gasteiger partial charge in [-0.05, 0) is 38.5 Å². The van der Waals surface area contributed by atoms with Gasteiger partial charge in [-0.3, -0.25) is 23.4 Å². The van der Waals surface area contributed by atoms with Gasteiger partial charge in [0.2, 0.25) is 0 Å². The maximum absolute atomic E-state index is 13.4. The predicted molar refractivity (Wildman–Crippen MR) is 106 cm³/mol.